The van der Waals surface area contributed by atoms with Gasteiger partial charge in [0.15, 0.2) is 5.65 Å². The summed E-state index contributed by atoms with van der Waals surface area (Å²) in [6, 6.07) is 12.2. The van der Waals surface area contributed by atoms with Crippen molar-refractivity contribution in [1.82, 2.24) is 24.6 Å². The SMILES string of the molecule is CCOc1ccc2cc(-c3nn(CC4(O)CCN(C)CC4)c4ncnc(N)c34)ccc2c1. The van der Waals surface area contributed by atoms with Gasteiger partial charge in [-0.05, 0) is 55.8 Å². The van der Waals surface area contributed by atoms with E-state index in [4.69, 9.17) is 15.6 Å². The fourth-order valence-corrected chi connectivity index (χ4v) is 4.44. The van der Waals surface area contributed by atoms with Crippen molar-refractivity contribution in [3.05, 3.63) is 42.7 Å². The summed E-state index contributed by atoms with van der Waals surface area (Å²) >= 11 is 0. The number of hydrogen-bond donors (Lipinski definition) is 2. The molecule has 0 saturated carbocycles. The van der Waals surface area contributed by atoms with Gasteiger partial charge in [0.2, 0.25) is 0 Å². The summed E-state index contributed by atoms with van der Waals surface area (Å²) in [5, 5.41) is 18.9. The van der Waals surface area contributed by atoms with Crippen LogP contribution in [0.1, 0.15) is 19.8 Å². The summed E-state index contributed by atoms with van der Waals surface area (Å²) < 4.78 is 7.41. The van der Waals surface area contributed by atoms with Gasteiger partial charge in [-0.15, -0.1) is 0 Å². The number of nitrogen functional groups attached to an aromatic ring is 1. The first-order chi connectivity index (χ1) is 15.5. The van der Waals surface area contributed by atoms with Crippen LogP contribution in [0.25, 0.3) is 33.1 Å². The molecule has 0 aliphatic carbocycles. The third-order valence-corrected chi connectivity index (χ3v) is 6.32. The number of aliphatic hydroxyl groups is 1. The molecule has 0 amide bonds. The summed E-state index contributed by atoms with van der Waals surface area (Å²) in [6.45, 7) is 4.69. The van der Waals surface area contributed by atoms with Crippen LogP contribution in [0.2, 0.25) is 0 Å². The topological polar surface area (TPSA) is 102 Å². The van der Waals surface area contributed by atoms with E-state index in [9.17, 15) is 5.11 Å². The molecule has 2 aromatic heterocycles. The van der Waals surface area contributed by atoms with Crippen LogP contribution in [0, 0.1) is 0 Å². The van der Waals surface area contributed by atoms with Gasteiger partial charge in [-0.25, -0.2) is 14.6 Å². The van der Waals surface area contributed by atoms with Gasteiger partial charge in [-0.1, -0.05) is 18.2 Å². The fraction of sp³-hybridized carbons (Fsp3) is 0.375. The quantitative estimate of drug-likeness (QED) is 0.500. The van der Waals surface area contributed by atoms with Crippen LogP contribution >= 0.6 is 0 Å². The van der Waals surface area contributed by atoms with E-state index < -0.39 is 5.60 Å². The number of likely N-dealkylation sites (tertiary alicyclic amines) is 1. The van der Waals surface area contributed by atoms with Crippen LogP contribution < -0.4 is 10.5 Å². The number of piperidine rings is 1. The number of fused-ring (bicyclic) bond motifs is 2. The normalized spacial score (nSPS) is 16.6. The lowest BCUT2D eigenvalue weighted by Crippen LogP contribution is -2.45. The Balaban J connectivity index is 1.57. The van der Waals surface area contributed by atoms with Crippen LogP contribution in [-0.4, -0.2) is 62.1 Å². The van der Waals surface area contributed by atoms with Gasteiger partial charge in [0, 0.05) is 18.7 Å². The maximum absolute atomic E-state index is 11.2. The summed E-state index contributed by atoms with van der Waals surface area (Å²) in [5.74, 6) is 1.24. The number of ether oxygens (including phenoxy) is 1. The highest BCUT2D eigenvalue weighted by Gasteiger charge is 2.33. The van der Waals surface area contributed by atoms with Crippen LogP contribution in [0.3, 0.4) is 0 Å². The Morgan fingerprint density at radius 1 is 1.09 bits per heavy atom. The maximum Gasteiger partial charge on any atom is 0.164 e. The summed E-state index contributed by atoms with van der Waals surface area (Å²) in [7, 11) is 2.08. The molecule has 1 saturated heterocycles. The molecule has 0 spiro atoms. The molecule has 0 radical (unpaired) electrons. The molecule has 0 unspecified atom stereocenters. The molecule has 166 valence electrons. The number of nitrogens with zero attached hydrogens (tertiary/aromatic N) is 5. The van der Waals surface area contributed by atoms with E-state index in [1.54, 1.807) is 4.68 Å². The van der Waals surface area contributed by atoms with E-state index in [-0.39, 0.29) is 0 Å². The van der Waals surface area contributed by atoms with Crippen LogP contribution in [0.5, 0.6) is 5.75 Å². The number of anilines is 1. The molecule has 2 aromatic carbocycles. The van der Waals surface area contributed by atoms with E-state index in [0.29, 0.717) is 42.8 Å². The molecule has 32 heavy (non-hydrogen) atoms. The maximum atomic E-state index is 11.2. The Morgan fingerprint density at radius 2 is 1.84 bits per heavy atom. The van der Waals surface area contributed by atoms with E-state index in [0.717, 1.165) is 40.9 Å². The zero-order chi connectivity index (χ0) is 22.3. The van der Waals surface area contributed by atoms with E-state index >= 15 is 0 Å². The molecule has 1 aliphatic heterocycles. The lowest BCUT2D eigenvalue weighted by molar-refractivity contribution is -0.0306. The van der Waals surface area contributed by atoms with Crippen molar-refractivity contribution < 1.29 is 9.84 Å². The first-order valence-corrected chi connectivity index (χ1v) is 11.0. The molecule has 1 fully saturated rings. The molecule has 4 aromatic rings. The van der Waals surface area contributed by atoms with E-state index in [2.05, 4.69) is 34.0 Å². The van der Waals surface area contributed by atoms with Crippen molar-refractivity contribution in [2.24, 2.45) is 0 Å². The Kier molecular flexibility index (Phi) is 5.19. The lowest BCUT2D eigenvalue weighted by atomic mass is 9.92. The summed E-state index contributed by atoms with van der Waals surface area (Å²) in [4.78, 5) is 10.9. The van der Waals surface area contributed by atoms with Crippen molar-refractivity contribution >= 4 is 27.6 Å². The second-order valence-electron chi connectivity index (χ2n) is 8.65. The van der Waals surface area contributed by atoms with Crippen molar-refractivity contribution in [1.29, 1.82) is 0 Å². The number of rotatable bonds is 5. The highest BCUT2D eigenvalue weighted by atomic mass is 16.5. The molecule has 0 bridgehead atoms. The van der Waals surface area contributed by atoms with Crippen LogP contribution in [0.15, 0.2) is 42.7 Å². The lowest BCUT2D eigenvalue weighted by Gasteiger charge is -2.36. The Hall–Kier alpha value is -3.23. The molecular formula is C24H28N6O2. The van der Waals surface area contributed by atoms with Gasteiger partial charge in [0.25, 0.3) is 0 Å². The van der Waals surface area contributed by atoms with Gasteiger partial charge < -0.3 is 20.5 Å². The molecule has 5 rings (SSSR count). The average Bonchev–Trinajstić information content (AvgIpc) is 3.15. The highest BCUT2D eigenvalue weighted by molar-refractivity contribution is 6.00. The Morgan fingerprint density at radius 3 is 2.62 bits per heavy atom. The molecule has 3 N–H and O–H groups in total. The summed E-state index contributed by atoms with van der Waals surface area (Å²) in [6.07, 6.45) is 2.84. The number of benzene rings is 2. The minimum atomic E-state index is -0.818. The molecule has 3 heterocycles. The van der Waals surface area contributed by atoms with Crippen molar-refractivity contribution in [3.63, 3.8) is 0 Å². The predicted molar refractivity (Wildman–Crippen MR) is 126 cm³/mol. The monoisotopic (exact) mass is 432 g/mol. The standard InChI is InChI=1S/C24H28N6O2/c1-3-32-19-7-6-16-12-18(5-4-17(16)13-19)21-20-22(25)26-15-27-23(20)30(28-21)14-24(31)8-10-29(2)11-9-24/h4-7,12-13,15,31H,3,8-11,14H2,1-2H3,(H2,25,26,27). The molecule has 8 heteroatoms. The van der Waals surface area contributed by atoms with Crippen LogP contribution in [-0.2, 0) is 6.54 Å². The zero-order valence-electron chi connectivity index (χ0n) is 18.5. The molecule has 8 nitrogen and oxygen atoms in total. The van der Waals surface area contributed by atoms with Crippen LogP contribution in [0.4, 0.5) is 5.82 Å². The number of hydrogen-bond acceptors (Lipinski definition) is 7. The van der Waals surface area contributed by atoms with E-state index in [1.165, 1.54) is 6.33 Å². The zero-order valence-corrected chi connectivity index (χ0v) is 18.5. The molecule has 1 aliphatic rings. The number of nitrogens with two attached hydrogens (primary N) is 1. The van der Waals surface area contributed by atoms with Gasteiger partial charge in [0.05, 0.1) is 24.1 Å². The Bertz CT molecular complexity index is 1280. The van der Waals surface area contributed by atoms with Gasteiger partial charge >= 0.3 is 0 Å². The smallest absolute Gasteiger partial charge is 0.164 e. The summed E-state index contributed by atoms with van der Waals surface area (Å²) in [5.41, 5.74) is 7.75. The van der Waals surface area contributed by atoms with Gasteiger partial charge in [-0.2, -0.15) is 5.10 Å². The van der Waals surface area contributed by atoms with Gasteiger partial charge in [-0.3, -0.25) is 0 Å². The first kappa shape index (κ1) is 20.7. The average molecular weight is 433 g/mol. The molecular weight excluding hydrogens is 404 g/mol. The minimum absolute atomic E-state index is 0.374. The predicted octanol–water partition coefficient (Wildman–Crippen LogP) is 3.08. The molecule has 0 atom stereocenters. The number of aromatic nitrogens is 4. The van der Waals surface area contributed by atoms with Gasteiger partial charge in [0.1, 0.15) is 23.6 Å². The van der Waals surface area contributed by atoms with Crippen molar-refractivity contribution in [2.75, 3.05) is 32.5 Å². The third kappa shape index (κ3) is 3.76. The fourth-order valence-electron chi connectivity index (χ4n) is 4.44. The van der Waals surface area contributed by atoms with E-state index in [1.807, 2.05) is 31.2 Å². The van der Waals surface area contributed by atoms with Crippen molar-refractivity contribution in [3.8, 4) is 17.0 Å². The second-order valence-corrected chi connectivity index (χ2v) is 8.65. The largest absolute Gasteiger partial charge is 0.494 e. The first-order valence-electron chi connectivity index (χ1n) is 11.0. The second kappa shape index (κ2) is 8.03. The van der Waals surface area contributed by atoms with Crippen molar-refractivity contribution in [2.45, 2.75) is 31.9 Å². The third-order valence-electron chi connectivity index (χ3n) is 6.32. The minimum Gasteiger partial charge on any atom is -0.494 e. The Labute approximate surface area is 186 Å². The highest BCUT2D eigenvalue weighted by Crippen LogP contribution is 2.34.